The highest BCUT2D eigenvalue weighted by atomic mass is 16.5. The van der Waals surface area contributed by atoms with Crippen molar-refractivity contribution in [3.8, 4) is 5.75 Å². The van der Waals surface area contributed by atoms with E-state index in [1.54, 1.807) is 31.6 Å². The van der Waals surface area contributed by atoms with Crippen LogP contribution in [0.15, 0.2) is 48.8 Å². The number of carbonyl (C=O) groups excluding carboxylic acids is 1. The topological polar surface area (TPSA) is 44.1 Å². The molecular weight excluding hydrogens is 228 g/mol. The molecule has 0 aliphatic heterocycles. The van der Waals surface area contributed by atoms with E-state index in [4.69, 9.17) is 4.74 Å². The Bertz CT molecular complexity index is 554. The zero-order chi connectivity index (χ0) is 13.0. The van der Waals surface area contributed by atoms with Gasteiger partial charge in [0.15, 0.2) is 0 Å². The highest BCUT2D eigenvalue weighted by Crippen LogP contribution is 2.18. The van der Waals surface area contributed by atoms with Gasteiger partial charge in [0.25, 0.3) is 5.91 Å². The van der Waals surface area contributed by atoms with E-state index >= 15 is 0 Å². The summed E-state index contributed by atoms with van der Waals surface area (Å²) in [5, 5.41) is 3.89. The molecule has 0 unspecified atom stereocenters. The lowest BCUT2D eigenvalue weighted by Gasteiger charge is -2.03. The molecule has 0 fully saturated rings. The summed E-state index contributed by atoms with van der Waals surface area (Å²) in [5.41, 5.74) is 1.87. The van der Waals surface area contributed by atoms with Crippen LogP contribution in [0.1, 0.15) is 17.3 Å². The Morgan fingerprint density at radius 2 is 2.06 bits per heavy atom. The summed E-state index contributed by atoms with van der Waals surface area (Å²) in [4.78, 5) is 11.8. The van der Waals surface area contributed by atoms with Gasteiger partial charge in [0.05, 0.1) is 7.11 Å². The second kappa shape index (κ2) is 5.31. The molecule has 4 nitrogen and oxygen atoms in total. The first kappa shape index (κ1) is 12.1. The van der Waals surface area contributed by atoms with E-state index in [2.05, 4.69) is 5.10 Å². The molecular formula is C14H14N2O2. The van der Waals surface area contributed by atoms with Crippen LogP contribution in [0.4, 0.5) is 0 Å². The van der Waals surface area contributed by atoms with E-state index in [1.807, 2.05) is 31.2 Å². The fourth-order valence-electron chi connectivity index (χ4n) is 1.59. The summed E-state index contributed by atoms with van der Waals surface area (Å²) >= 11 is 0. The summed E-state index contributed by atoms with van der Waals surface area (Å²) in [6.45, 7) is 1.89. The van der Waals surface area contributed by atoms with Crippen LogP contribution < -0.4 is 4.74 Å². The maximum absolute atomic E-state index is 11.8. The second-order valence-corrected chi connectivity index (χ2v) is 3.84. The average molecular weight is 242 g/mol. The van der Waals surface area contributed by atoms with Crippen LogP contribution in [-0.4, -0.2) is 22.8 Å². The van der Waals surface area contributed by atoms with Crippen LogP contribution in [0, 0.1) is 0 Å². The zero-order valence-electron chi connectivity index (χ0n) is 10.3. The molecule has 0 saturated carbocycles. The third-order valence-electron chi connectivity index (χ3n) is 2.62. The monoisotopic (exact) mass is 242 g/mol. The van der Waals surface area contributed by atoms with Gasteiger partial charge in [-0.3, -0.25) is 4.79 Å². The van der Waals surface area contributed by atoms with Crippen molar-refractivity contribution in [1.82, 2.24) is 9.78 Å². The first-order valence-corrected chi connectivity index (χ1v) is 5.57. The van der Waals surface area contributed by atoms with Crippen molar-refractivity contribution in [2.24, 2.45) is 0 Å². The molecule has 0 amide bonds. The minimum absolute atomic E-state index is 0.159. The maximum atomic E-state index is 11.8. The molecule has 18 heavy (non-hydrogen) atoms. The normalized spacial score (nSPS) is 11.3. The average Bonchev–Trinajstić information content (AvgIpc) is 2.92. The van der Waals surface area contributed by atoms with Gasteiger partial charge >= 0.3 is 0 Å². The number of aromatic nitrogens is 2. The molecule has 2 rings (SSSR count). The fourth-order valence-corrected chi connectivity index (χ4v) is 1.59. The summed E-state index contributed by atoms with van der Waals surface area (Å²) in [7, 11) is 1.62. The van der Waals surface area contributed by atoms with Crippen LogP contribution in [0.5, 0.6) is 5.75 Å². The first-order valence-electron chi connectivity index (χ1n) is 5.57. The summed E-state index contributed by atoms with van der Waals surface area (Å²) < 4.78 is 6.39. The van der Waals surface area contributed by atoms with E-state index in [1.165, 1.54) is 4.68 Å². The standard InChI is InChI=1S/C14H14N2O2/c1-11(10-14(17)16-9-3-8-15-16)12-4-6-13(18-2)7-5-12/h3-10H,1-2H3/b11-10+. The van der Waals surface area contributed by atoms with Gasteiger partial charge in [-0.15, -0.1) is 0 Å². The number of methoxy groups -OCH3 is 1. The lowest BCUT2D eigenvalue weighted by atomic mass is 10.1. The molecule has 0 aliphatic rings. The van der Waals surface area contributed by atoms with E-state index < -0.39 is 0 Å². The number of allylic oxidation sites excluding steroid dienone is 2. The number of carbonyl (C=O) groups is 1. The highest BCUT2D eigenvalue weighted by molar-refractivity contribution is 5.95. The molecule has 0 saturated heterocycles. The van der Waals surface area contributed by atoms with Gasteiger partial charge in [-0.05, 0) is 36.3 Å². The van der Waals surface area contributed by atoms with Gasteiger partial charge in [0, 0.05) is 18.5 Å². The Hall–Kier alpha value is -2.36. The van der Waals surface area contributed by atoms with Crippen LogP contribution in [0.2, 0.25) is 0 Å². The molecule has 0 aliphatic carbocycles. The Kier molecular flexibility index (Phi) is 3.57. The molecule has 0 radical (unpaired) electrons. The lowest BCUT2D eigenvalue weighted by Crippen LogP contribution is -2.07. The van der Waals surface area contributed by atoms with Crippen molar-refractivity contribution in [3.63, 3.8) is 0 Å². The van der Waals surface area contributed by atoms with Crippen molar-refractivity contribution < 1.29 is 9.53 Å². The van der Waals surface area contributed by atoms with Crippen LogP contribution in [-0.2, 0) is 0 Å². The number of benzene rings is 1. The van der Waals surface area contributed by atoms with E-state index in [0.717, 1.165) is 16.9 Å². The Balaban J connectivity index is 2.19. The number of ether oxygens (including phenoxy) is 1. The van der Waals surface area contributed by atoms with Crippen LogP contribution in [0.3, 0.4) is 0 Å². The van der Waals surface area contributed by atoms with Crippen molar-refractivity contribution >= 4 is 11.5 Å². The quantitative estimate of drug-likeness (QED) is 0.777. The van der Waals surface area contributed by atoms with Crippen LogP contribution >= 0.6 is 0 Å². The third kappa shape index (κ3) is 2.66. The number of hydrogen-bond acceptors (Lipinski definition) is 3. The molecule has 1 aromatic carbocycles. The van der Waals surface area contributed by atoms with Gasteiger partial charge in [0.1, 0.15) is 5.75 Å². The smallest absolute Gasteiger partial charge is 0.271 e. The summed E-state index contributed by atoms with van der Waals surface area (Å²) in [6.07, 6.45) is 4.77. The van der Waals surface area contributed by atoms with Crippen LogP contribution in [0.25, 0.3) is 5.57 Å². The summed E-state index contributed by atoms with van der Waals surface area (Å²) in [6, 6.07) is 9.28. The molecule has 0 bridgehead atoms. The minimum atomic E-state index is -0.159. The SMILES string of the molecule is COc1ccc(/C(C)=C/C(=O)n2cccn2)cc1. The Labute approximate surface area is 106 Å². The Morgan fingerprint density at radius 3 is 2.61 bits per heavy atom. The molecule has 2 aromatic rings. The fraction of sp³-hybridized carbons (Fsp3) is 0.143. The van der Waals surface area contributed by atoms with E-state index in [9.17, 15) is 4.79 Å². The van der Waals surface area contributed by atoms with E-state index in [-0.39, 0.29) is 5.91 Å². The molecule has 92 valence electrons. The predicted octanol–water partition coefficient (Wildman–Crippen LogP) is 2.64. The third-order valence-corrected chi connectivity index (χ3v) is 2.62. The molecule has 0 N–H and O–H groups in total. The largest absolute Gasteiger partial charge is 0.497 e. The molecule has 1 aromatic heterocycles. The molecule has 1 heterocycles. The lowest BCUT2D eigenvalue weighted by molar-refractivity contribution is 0.0955. The number of hydrogen-bond donors (Lipinski definition) is 0. The van der Waals surface area contributed by atoms with Crippen molar-refractivity contribution in [2.75, 3.05) is 7.11 Å². The highest BCUT2D eigenvalue weighted by Gasteiger charge is 2.03. The minimum Gasteiger partial charge on any atom is -0.497 e. The zero-order valence-corrected chi connectivity index (χ0v) is 10.3. The summed E-state index contributed by atoms with van der Waals surface area (Å²) in [5.74, 6) is 0.637. The molecule has 0 spiro atoms. The molecule has 0 atom stereocenters. The molecule has 4 heteroatoms. The maximum Gasteiger partial charge on any atom is 0.271 e. The predicted molar refractivity (Wildman–Crippen MR) is 69.5 cm³/mol. The second-order valence-electron chi connectivity index (χ2n) is 3.84. The van der Waals surface area contributed by atoms with E-state index in [0.29, 0.717) is 0 Å². The van der Waals surface area contributed by atoms with Crippen molar-refractivity contribution in [2.45, 2.75) is 6.92 Å². The van der Waals surface area contributed by atoms with Gasteiger partial charge in [-0.25, -0.2) is 4.68 Å². The number of nitrogens with zero attached hydrogens (tertiary/aromatic N) is 2. The van der Waals surface area contributed by atoms with Crippen molar-refractivity contribution in [1.29, 1.82) is 0 Å². The van der Waals surface area contributed by atoms with Crippen molar-refractivity contribution in [3.05, 3.63) is 54.4 Å². The van der Waals surface area contributed by atoms with Gasteiger partial charge in [-0.1, -0.05) is 12.1 Å². The van der Waals surface area contributed by atoms with Gasteiger partial charge < -0.3 is 4.74 Å². The van der Waals surface area contributed by atoms with Gasteiger partial charge in [0.2, 0.25) is 0 Å². The Morgan fingerprint density at radius 1 is 1.33 bits per heavy atom. The van der Waals surface area contributed by atoms with Gasteiger partial charge in [-0.2, -0.15) is 5.10 Å². The number of rotatable bonds is 3. The first-order chi connectivity index (χ1) is 8.70.